The van der Waals surface area contributed by atoms with Crippen LogP contribution in [0.4, 0.5) is 14.5 Å². The predicted octanol–water partition coefficient (Wildman–Crippen LogP) is 3.14. The maximum atomic E-state index is 13.5. The summed E-state index contributed by atoms with van der Waals surface area (Å²) in [6.07, 6.45) is 2.24. The van der Waals surface area contributed by atoms with Crippen LogP contribution in [0.5, 0.6) is 0 Å². The van der Waals surface area contributed by atoms with E-state index >= 15 is 0 Å². The molecule has 1 heterocycles. The number of nitrogens with zero attached hydrogens (tertiary/aromatic N) is 1. The molecule has 0 amide bonds. The van der Waals surface area contributed by atoms with Gasteiger partial charge >= 0.3 is 0 Å². The number of hydrogen-bond donors (Lipinski definition) is 1. The first kappa shape index (κ1) is 12.2. The number of nitriles is 1. The molecule has 1 aromatic rings. The highest BCUT2D eigenvalue weighted by Crippen LogP contribution is 2.27. The first-order chi connectivity index (χ1) is 8.20. The minimum absolute atomic E-state index is 0.000733. The molecule has 0 aromatic heterocycles. The van der Waals surface area contributed by atoms with Crippen LogP contribution in [0.3, 0.4) is 0 Å². The Morgan fingerprint density at radius 2 is 2.12 bits per heavy atom. The second-order valence-electron chi connectivity index (χ2n) is 3.94. The van der Waals surface area contributed by atoms with Crippen LogP contribution in [0, 0.1) is 23.0 Å². The van der Waals surface area contributed by atoms with Crippen LogP contribution in [0.1, 0.15) is 18.4 Å². The molecule has 2 rings (SSSR count). The van der Waals surface area contributed by atoms with Gasteiger partial charge in [0.05, 0.1) is 11.6 Å². The van der Waals surface area contributed by atoms with Crippen LogP contribution < -0.4 is 5.32 Å². The Labute approximate surface area is 103 Å². The van der Waals surface area contributed by atoms with E-state index in [0.29, 0.717) is 11.8 Å². The fourth-order valence-corrected chi connectivity index (χ4v) is 3.03. The van der Waals surface area contributed by atoms with Crippen molar-refractivity contribution >= 4 is 17.4 Å². The van der Waals surface area contributed by atoms with Crippen LogP contribution in [-0.2, 0) is 0 Å². The number of benzene rings is 1. The molecule has 0 aliphatic carbocycles. The summed E-state index contributed by atoms with van der Waals surface area (Å²) in [4.78, 5) is 0. The highest BCUT2D eigenvalue weighted by Gasteiger charge is 2.17. The fourth-order valence-electron chi connectivity index (χ4n) is 1.83. The Bertz CT molecular complexity index is 427. The molecule has 0 saturated carbocycles. The van der Waals surface area contributed by atoms with Gasteiger partial charge < -0.3 is 5.32 Å². The van der Waals surface area contributed by atoms with E-state index in [4.69, 9.17) is 5.26 Å². The highest BCUT2D eigenvalue weighted by atomic mass is 32.2. The minimum Gasteiger partial charge on any atom is -0.379 e. The van der Waals surface area contributed by atoms with Crippen molar-refractivity contribution in [1.82, 2.24) is 0 Å². The van der Waals surface area contributed by atoms with Gasteiger partial charge in [-0.2, -0.15) is 17.0 Å². The second kappa shape index (κ2) is 5.37. The van der Waals surface area contributed by atoms with Crippen molar-refractivity contribution < 1.29 is 8.78 Å². The summed E-state index contributed by atoms with van der Waals surface area (Å²) in [7, 11) is 0. The number of halogens is 2. The Morgan fingerprint density at radius 1 is 1.41 bits per heavy atom. The predicted molar refractivity (Wildman–Crippen MR) is 65.0 cm³/mol. The van der Waals surface area contributed by atoms with Gasteiger partial charge in [-0.15, -0.1) is 0 Å². The van der Waals surface area contributed by atoms with Crippen molar-refractivity contribution in [3.8, 4) is 6.07 Å². The molecule has 0 bridgehead atoms. The summed E-state index contributed by atoms with van der Waals surface area (Å²) >= 11 is 1.82. The van der Waals surface area contributed by atoms with Gasteiger partial charge in [-0.1, -0.05) is 0 Å². The van der Waals surface area contributed by atoms with Crippen molar-refractivity contribution in [1.29, 1.82) is 5.26 Å². The zero-order chi connectivity index (χ0) is 12.3. The smallest absolute Gasteiger partial charge is 0.150 e. The largest absolute Gasteiger partial charge is 0.379 e. The second-order valence-corrected chi connectivity index (χ2v) is 5.35. The average molecular weight is 254 g/mol. The molecule has 1 aliphatic heterocycles. The van der Waals surface area contributed by atoms with Crippen molar-refractivity contribution in [2.45, 2.75) is 18.1 Å². The lowest BCUT2D eigenvalue weighted by Gasteiger charge is -2.12. The Kier molecular flexibility index (Phi) is 3.85. The average Bonchev–Trinajstić information content (AvgIpc) is 2.80. The molecule has 1 aliphatic rings. The van der Waals surface area contributed by atoms with Crippen LogP contribution in [-0.4, -0.2) is 17.5 Å². The van der Waals surface area contributed by atoms with E-state index in [2.05, 4.69) is 5.32 Å². The minimum atomic E-state index is -0.704. The van der Waals surface area contributed by atoms with Gasteiger partial charge in [-0.05, 0) is 30.7 Å². The third kappa shape index (κ3) is 2.89. The molecule has 1 aromatic carbocycles. The van der Waals surface area contributed by atoms with Crippen LogP contribution >= 0.6 is 11.8 Å². The summed E-state index contributed by atoms with van der Waals surface area (Å²) < 4.78 is 27.0. The first-order valence-corrected chi connectivity index (χ1v) is 6.50. The zero-order valence-electron chi connectivity index (χ0n) is 9.17. The maximum absolute atomic E-state index is 13.5. The molecule has 5 heteroatoms. The van der Waals surface area contributed by atoms with E-state index in [1.54, 1.807) is 6.07 Å². The van der Waals surface area contributed by atoms with E-state index in [1.165, 1.54) is 0 Å². The molecule has 90 valence electrons. The maximum Gasteiger partial charge on any atom is 0.150 e. The van der Waals surface area contributed by atoms with Gasteiger partial charge in [0.2, 0.25) is 0 Å². The molecule has 17 heavy (non-hydrogen) atoms. The molecule has 2 nitrogen and oxygen atoms in total. The van der Waals surface area contributed by atoms with Gasteiger partial charge in [0.15, 0.2) is 11.6 Å². The summed E-state index contributed by atoms with van der Waals surface area (Å²) in [5, 5.41) is 11.8. The molecule has 0 spiro atoms. The lowest BCUT2D eigenvalue weighted by atomic mass is 10.2. The quantitative estimate of drug-likeness (QED) is 0.900. The molecule has 1 atom stereocenters. The topological polar surface area (TPSA) is 35.8 Å². The van der Waals surface area contributed by atoms with Crippen molar-refractivity contribution in [3.63, 3.8) is 0 Å². The Morgan fingerprint density at radius 3 is 2.65 bits per heavy atom. The van der Waals surface area contributed by atoms with E-state index < -0.39 is 11.6 Å². The third-order valence-corrected chi connectivity index (χ3v) is 4.10. The molecule has 1 unspecified atom stereocenters. The van der Waals surface area contributed by atoms with Crippen LogP contribution in [0.2, 0.25) is 0 Å². The summed E-state index contributed by atoms with van der Waals surface area (Å²) in [5.41, 5.74) is -0.128. The molecule has 0 radical (unpaired) electrons. The number of rotatable bonds is 3. The lowest BCUT2D eigenvalue weighted by Crippen LogP contribution is -2.15. The number of anilines is 1. The number of hydrogen-bond acceptors (Lipinski definition) is 3. The molecular formula is C12H12F2N2S. The van der Waals surface area contributed by atoms with Crippen LogP contribution in [0.25, 0.3) is 0 Å². The normalized spacial score (nSPS) is 19.0. The Hall–Kier alpha value is -1.28. The van der Waals surface area contributed by atoms with E-state index in [9.17, 15) is 8.78 Å². The van der Waals surface area contributed by atoms with Crippen LogP contribution in [0.15, 0.2) is 12.1 Å². The standard InChI is InChI=1S/C12H12F2N2S/c13-10-4-8(6-15)5-11(14)12(10)16-7-9-2-1-3-17-9/h4-5,9,16H,1-3,7H2. The molecule has 1 N–H and O–H groups in total. The number of thioether (sulfide) groups is 1. The summed E-state index contributed by atoms with van der Waals surface area (Å²) in [6, 6.07) is 3.82. The van der Waals surface area contributed by atoms with Gasteiger partial charge in [0.1, 0.15) is 5.69 Å². The van der Waals surface area contributed by atoms with Gasteiger partial charge in [-0.25, -0.2) is 8.78 Å². The highest BCUT2D eigenvalue weighted by molar-refractivity contribution is 8.00. The van der Waals surface area contributed by atoms with E-state index in [0.717, 1.165) is 30.7 Å². The number of nitrogens with one attached hydrogen (secondary N) is 1. The van der Waals surface area contributed by atoms with Crippen molar-refractivity contribution in [2.75, 3.05) is 17.6 Å². The molecular weight excluding hydrogens is 242 g/mol. The van der Waals surface area contributed by atoms with Gasteiger partial charge in [0.25, 0.3) is 0 Å². The van der Waals surface area contributed by atoms with Crippen molar-refractivity contribution in [2.24, 2.45) is 0 Å². The molecule has 1 fully saturated rings. The molecule has 1 saturated heterocycles. The fraction of sp³-hybridized carbons (Fsp3) is 0.417. The first-order valence-electron chi connectivity index (χ1n) is 5.45. The SMILES string of the molecule is N#Cc1cc(F)c(NCC2CCCS2)c(F)c1. The third-order valence-electron chi connectivity index (χ3n) is 2.70. The lowest BCUT2D eigenvalue weighted by molar-refractivity contribution is 0.586. The van der Waals surface area contributed by atoms with Gasteiger partial charge in [-0.3, -0.25) is 0 Å². The zero-order valence-corrected chi connectivity index (χ0v) is 9.99. The summed E-state index contributed by atoms with van der Waals surface area (Å²) in [6.45, 7) is 0.560. The van der Waals surface area contributed by atoms with E-state index in [-0.39, 0.29) is 11.3 Å². The summed E-state index contributed by atoms with van der Waals surface area (Å²) in [5.74, 6) is -0.292. The van der Waals surface area contributed by atoms with Gasteiger partial charge in [0, 0.05) is 11.8 Å². The monoisotopic (exact) mass is 254 g/mol. The van der Waals surface area contributed by atoms with Crippen molar-refractivity contribution in [3.05, 3.63) is 29.3 Å². The van der Waals surface area contributed by atoms with E-state index in [1.807, 2.05) is 11.8 Å². The Balaban J connectivity index is 2.07.